The summed E-state index contributed by atoms with van der Waals surface area (Å²) in [6.07, 6.45) is -2.67. The van der Waals surface area contributed by atoms with Crippen molar-refractivity contribution in [1.29, 1.82) is 0 Å². The SMILES string of the molecule is CC(O)C(NC(=O)C(CC(N)=O)NC(=O)C(N)Cc1ccccc1)C(=O)NC(CCC(N)=O)C(=O)O. The van der Waals surface area contributed by atoms with Gasteiger partial charge in [0.2, 0.25) is 29.5 Å². The number of carbonyl (C=O) groups is 6. The predicted molar refractivity (Wildman–Crippen MR) is 125 cm³/mol. The third kappa shape index (κ3) is 10.5. The maximum Gasteiger partial charge on any atom is 0.326 e. The number of nitrogens with one attached hydrogen (secondary N) is 3. The summed E-state index contributed by atoms with van der Waals surface area (Å²) in [4.78, 5) is 71.8. The van der Waals surface area contributed by atoms with Gasteiger partial charge >= 0.3 is 5.97 Å². The molecule has 0 bridgehead atoms. The maximum atomic E-state index is 12.8. The first-order chi connectivity index (χ1) is 16.8. The molecule has 0 saturated carbocycles. The lowest BCUT2D eigenvalue weighted by atomic mass is 10.0. The van der Waals surface area contributed by atoms with Gasteiger partial charge in [0.05, 0.1) is 18.6 Å². The number of carbonyl (C=O) groups excluding carboxylic acids is 5. The molecular weight excluding hydrogens is 476 g/mol. The average molecular weight is 509 g/mol. The van der Waals surface area contributed by atoms with Crippen molar-refractivity contribution >= 4 is 35.5 Å². The zero-order valence-corrected chi connectivity index (χ0v) is 19.7. The van der Waals surface area contributed by atoms with Crippen LogP contribution in [0.1, 0.15) is 31.7 Å². The van der Waals surface area contributed by atoms with Crippen molar-refractivity contribution in [1.82, 2.24) is 16.0 Å². The summed E-state index contributed by atoms with van der Waals surface area (Å²) >= 11 is 0. The molecule has 1 rings (SSSR count). The molecular formula is C22H32N6O8. The summed E-state index contributed by atoms with van der Waals surface area (Å²) in [5.74, 6) is -6.09. The zero-order chi connectivity index (χ0) is 27.4. The van der Waals surface area contributed by atoms with Gasteiger partial charge in [-0.05, 0) is 25.3 Å². The first kappa shape index (κ1) is 30.0. The average Bonchev–Trinajstić information content (AvgIpc) is 2.79. The summed E-state index contributed by atoms with van der Waals surface area (Å²) in [6.45, 7) is 1.15. The number of carboxylic acid groups (broad SMARTS) is 1. The minimum atomic E-state index is -1.67. The summed E-state index contributed by atoms with van der Waals surface area (Å²) in [7, 11) is 0. The van der Waals surface area contributed by atoms with E-state index in [1.165, 1.54) is 0 Å². The van der Waals surface area contributed by atoms with E-state index in [4.69, 9.17) is 17.2 Å². The second kappa shape index (κ2) is 14.4. The van der Waals surface area contributed by atoms with E-state index < -0.39 is 72.2 Å². The molecule has 0 aromatic heterocycles. The van der Waals surface area contributed by atoms with Gasteiger partial charge in [-0.3, -0.25) is 24.0 Å². The summed E-state index contributed by atoms with van der Waals surface area (Å²) in [5, 5.41) is 25.8. The lowest BCUT2D eigenvalue weighted by Gasteiger charge is -2.26. The van der Waals surface area contributed by atoms with Crippen LogP contribution >= 0.6 is 0 Å². The molecule has 0 radical (unpaired) electrons. The van der Waals surface area contributed by atoms with Crippen molar-refractivity contribution in [3.63, 3.8) is 0 Å². The molecule has 36 heavy (non-hydrogen) atoms. The van der Waals surface area contributed by atoms with Gasteiger partial charge in [0, 0.05) is 6.42 Å². The van der Waals surface area contributed by atoms with E-state index in [1.54, 1.807) is 30.3 Å². The molecule has 0 aliphatic carbocycles. The van der Waals surface area contributed by atoms with Crippen LogP contribution in [0, 0.1) is 0 Å². The lowest BCUT2D eigenvalue weighted by molar-refractivity contribution is -0.143. The fourth-order valence-corrected chi connectivity index (χ4v) is 3.11. The van der Waals surface area contributed by atoms with Crippen LogP contribution in [-0.2, 0) is 35.2 Å². The molecule has 0 spiro atoms. The summed E-state index contributed by atoms with van der Waals surface area (Å²) < 4.78 is 0. The molecule has 1 aromatic rings. The van der Waals surface area contributed by atoms with Crippen LogP contribution in [0.2, 0.25) is 0 Å². The minimum absolute atomic E-state index is 0.137. The van der Waals surface area contributed by atoms with Crippen molar-refractivity contribution in [3.8, 4) is 0 Å². The standard InChI is InChI=1S/C22H32N6O8/c1-11(29)18(21(34)26-14(22(35)36)7-8-16(24)30)28-20(33)15(10-17(25)31)27-19(32)13(23)9-12-5-3-2-4-6-12/h2-6,11,13-15,18,29H,7-10,23H2,1H3,(H2,24,30)(H2,25,31)(H,26,34)(H,27,32)(H,28,33)(H,35,36). The Hall–Kier alpha value is -4.04. The van der Waals surface area contributed by atoms with Crippen molar-refractivity contribution in [3.05, 3.63) is 35.9 Å². The smallest absolute Gasteiger partial charge is 0.326 e. The van der Waals surface area contributed by atoms with Crippen LogP contribution in [0.15, 0.2) is 30.3 Å². The number of aliphatic hydroxyl groups excluding tert-OH is 1. The molecule has 0 aliphatic heterocycles. The van der Waals surface area contributed by atoms with Crippen molar-refractivity contribution in [2.24, 2.45) is 17.2 Å². The molecule has 0 fully saturated rings. The Bertz CT molecular complexity index is 955. The van der Waals surface area contributed by atoms with Crippen LogP contribution < -0.4 is 33.2 Å². The van der Waals surface area contributed by atoms with E-state index in [0.29, 0.717) is 0 Å². The number of primary amides is 2. The summed E-state index contributed by atoms with van der Waals surface area (Å²) in [5.41, 5.74) is 16.8. The quantitative estimate of drug-likeness (QED) is 0.117. The third-order valence-electron chi connectivity index (χ3n) is 5.03. The number of hydrogen-bond donors (Lipinski definition) is 8. The van der Waals surface area contributed by atoms with Gasteiger partial charge in [-0.15, -0.1) is 0 Å². The monoisotopic (exact) mass is 508 g/mol. The number of aliphatic carboxylic acids is 1. The highest BCUT2D eigenvalue weighted by atomic mass is 16.4. The number of hydrogen-bond acceptors (Lipinski definition) is 8. The molecule has 5 unspecified atom stereocenters. The molecule has 14 nitrogen and oxygen atoms in total. The van der Waals surface area contributed by atoms with Gasteiger partial charge in [-0.25, -0.2) is 4.79 Å². The van der Waals surface area contributed by atoms with E-state index in [9.17, 15) is 39.0 Å². The second-order valence-electron chi connectivity index (χ2n) is 8.16. The van der Waals surface area contributed by atoms with Gasteiger partial charge in [0.15, 0.2) is 0 Å². The van der Waals surface area contributed by atoms with Crippen molar-refractivity contribution < 1.29 is 39.0 Å². The molecule has 5 atom stereocenters. The summed E-state index contributed by atoms with van der Waals surface area (Å²) in [6, 6.07) is 3.00. The first-order valence-electron chi connectivity index (χ1n) is 11.0. The molecule has 11 N–H and O–H groups in total. The van der Waals surface area contributed by atoms with Gasteiger partial charge in [-0.2, -0.15) is 0 Å². The second-order valence-corrected chi connectivity index (χ2v) is 8.16. The Balaban J connectivity index is 2.92. The molecule has 0 saturated heterocycles. The Labute approximate surface area is 206 Å². The molecule has 14 heteroatoms. The highest BCUT2D eigenvalue weighted by Crippen LogP contribution is 2.05. The maximum absolute atomic E-state index is 12.8. The number of benzene rings is 1. The Kier molecular flexibility index (Phi) is 12.0. The first-order valence-corrected chi connectivity index (χ1v) is 11.0. The van der Waals surface area contributed by atoms with E-state index in [1.807, 2.05) is 0 Å². The number of nitrogens with two attached hydrogens (primary N) is 3. The van der Waals surface area contributed by atoms with Crippen LogP contribution in [0.4, 0.5) is 0 Å². The number of aliphatic hydroxyl groups is 1. The van der Waals surface area contributed by atoms with Gasteiger partial charge in [-0.1, -0.05) is 30.3 Å². The van der Waals surface area contributed by atoms with Crippen LogP contribution in [0.3, 0.4) is 0 Å². The van der Waals surface area contributed by atoms with E-state index in [-0.39, 0.29) is 19.3 Å². The highest BCUT2D eigenvalue weighted by Gasteiger charge is 2.33. The predicted octanol–water partition coefficient (Wildman–Crippen LogP) is -3.38. The lowest BCUT2D eigenvalue weighted by Crippen LogP contribution is -2.60. The molecule has 1 aromatic carbocycles. The molecule has 5 amide bonds. The van der Waals surface area contributed by atoms with E-state index in [2.05, 4.69) is 16.0 Å². The topological polar surface area (TPSA) is 257 Å². The number of amides is 5. The Morgan fingerprint density at radius 2 is 1.44 bits per heavy atom. The third-order valence-corrected chi connectivity index (χ3v) is 5.03. The Morgan fingerprint density at radius 3 is 1.94 bits per heavy atom. The minimum Gasteiger partial charge on any atom is -0.480 e. The number of carboxylic acids is 1. The normalized spacial score (nSPS) is 14.9. The number of rotatable bonds is 15. The molecule has 0 aliphatic rings. The van der Waals surface area contributed by atoms with Crippen LogP contribution in [-0.4, -0.2) is 76.0 Å². The van der Waals surface area contributed by atoms with Crippen LogP contribution in [0.25, 0.3) is 0 Å². The fourth-order valence-electron chi connectivity index (χ4n) is 3.11. The molecule has 198 valence electrons. The van der Waals surface area contributed by atoms with Gasteiger partial charge < -0.3 is 43.4 Å². The van der Waals surface area contributed by atoms with Gasteiger partial charge in [0.1, 0.15) is 18.1 Å². The van der Waals surface area contributed by atoms with E-state index >= 15 is 0 Å². The van der Waals surface area contributed by atoms with E-state index in [0.717, 1.165) is 12.5 Å². The molecule has 0 heterocycles. The van der Waals surface area contributed by atoms with Gasteiger partial charge in [0.25, 0.3) is 0 Å². The Morgan fingerprint density at radius 1 is 0.861 bits per heavy atom. The fraction of sp³-hybridized carbons (Fsp3) is 0.455. The van der Waals surface area contributed by atoms with Crippen LogP contribution in [0.5, 0.6) is 0 Å². The highest BCUT2D eigenvalue weighted by molar-refractivity contribution is 5.96. The van der Waals surface area contributed by atoms with Crippen molar-refractivity contribution in [2.75, 3.05) is 0 Å². The largest absolute Gasteiger partial charge is 0.480 e. The zero-order valence-electron chi connectivity index (χ0n) is 19.7. The van der Waals surface area contributed by atoms with Crippen molar-refractivity contribution in [2.45, 2.75) is 62.9 Å².